The molecule has 1 aromatic heterocycles. The zero-order valence-corrected chi connectivity index (χ0v) is 12.2. The molecule has 1 heterocycles. The van der Waals surface area contributed by atoms with Crippen molar-refractivity contribution in [3.05, 3.63) is 11.9 Å². The second kappa shape index (κ2) is 6.83. The highest BCUT2D eigenvalue weighted by Gasteiger charge is 2.29. The Hall–Kier alpha value is -1.43. The normalized spacial score (nSPS) is 23.1. The number of aromatic nitrogens is 3. The summed E-state index contributed by atoms with van der Waals surface area (Å²) >= 11 is 0. The quantitative estimate of drug-likeness (QED) is 0.835. The largest absolute Gasteiger partial charge is 0.476 e. The third-order valence-corrected chi connectivity index (χ3v) is 4.23. The molecule has 0 aromatic carbocycles. The molecule has 6 nitrogen and oxygen atoms in total. The summed E-state index contributed by atoms with van der Waals surface area (Å²) in [5.74, 6) is -1.02. The van der Waals surface area contributed by atoms with Gasteiger partial charge in [-0.3, -0.25) is 0 Å². The molecule has 2 rings (SSSR count). The summed E-state index contributed by atoms with van der Waals surface area (Å²) in [4.78, 5) is 10.9. The molecule has 1 saturated carbocycles. The second-order valence-electron chi connectivity index (χ2n) is 5.53. The molecule has 2 atom stereocenters. The van der Waals surface area contributed by atoms with Gasteiger partial charge in [-0.1, -0.05) is 31.9 Å². The minimum Gasteiger partial charge on any atom is -0.476 e. The lowest BCUT2D eigenvalue weighted by Crippen LogP contribution is -2.45. The van der Waals surface area contributed by atoms with E-state index in [4.69, 9.17) is 5.11 Å². The van der Waals surface area contributed by atoms with Crippen LogP contribution >= 0.6 is 0 Å². The fraction of sp³-hybridized carbons (Fsp3) is 0.786. The Bertz CT molecular complexity index is 442. The Balaban J connectivity index is 2.11. The van der Waals surface area contributed by atoms with Gasteiger partial charge in [0.2, 0.25) is 0 Å². The van der Waals surface area contributed by atoms with Crippen molar-refractivity contribution in [3.63, 3.8) is 0 Å². The Kier molecular flexibility index (Phi) is 5.11. The number of carboxylic acid groups (broad SMARTS) is 1. The average molecular weight is 280 g/mol. The summed E-state index contributed by atoms with van der Waals surface area (Å²) in [7, 11) is 0. The van der Waals surface area contributed by atoms with E-state index in [-0.39, 0.29) is 11.7 Å². The van der Waals surface area contributed by atoms with E-state index in [1.54, 1.807) is 10.9 Å². The minimum absolute atomic E-state index is 0.0249. The molecule has 0 saturated heterocycles. The molecule has 1 aromatic rings. The molecule has 1 aliphatic carbocycles. The molecule has 0 amide bonds. The summed E-state index contributed by atoms with van der Waals surface area (Å²) in [6.45, 7) is 4.38. The molecule has 0 spiro atoms. The van der Waals surface area contributed by atoms with Crippen molar-refractivity contribution in [3.8, 4) is 0 Å². The Morgan fingerprint density at radius 1 is 1.45 bits per heavy atom. The highest BCUT2D eigenvalue weighted by Crippen LogP contribution is 2.28. The van der Waals surface area contributed by atoms with Crippen LogP contribution in [0.2, 0.25) is 0 Å². The number of hydrogen-bond acceptors (Lipinski definition) is 4. The van der Waals surface area contributed by atoms with E-state index in [1.807, 2.05) is 0 Å². The lowest BCUT2D eigenvalue weighted by atomic mass is 9.89. The molecule has 112 valence electrons. The van der Waals surface area contributed by atoms with Gasteiger partial charge in [0.25, 0.3) is 0 Å². The molecule has 0 aliphatic heterocycles. The minimum atomic E-state index is -1.02. The number of rotatable bonds is 6. The van der Waals surface area contributed by atoms with Gasteiger partial charge in [0.05, 0.1) is 12.2 Å². The maximum Gasteiger partial charge on any atom is 0.358 e. The van der Waals surface area contributed by atoms with Crippen molar-refractivity contribution >= 4 is 5.97 Å². The first-order valence-corrected chi connectivity index (χ1v) is 7.56. The number of aromatic carboxylic acids is 1. The first-order chi connectivity index (χ1) is 9.65. The van der Waals surface area contributed by atoms with E-state index in [1.165, 1.54) is 6.42 Å². The first-order valence-electron chi connectivity index (χ1n) is 7.56. The third kappa shape index (κ3) is 3.36. The van der Waals surface area contributed by atoms with Gasteiger partial charge >= 0.3 is 5.97 Å². The van der Waals surface area contributed by atoms with Crippen molar-refractivity contribution in [2.75, 3.05) is 0 Å². The maximum atomic E-state index is 10.9. The van der Waals surface area contributed by atoms with E-state index in [0.717, 1.165) is 32.1 Å². The van der Waals surface area contributed by atoms with Gasteiger partial charge in [-0.05, 0) is 25.7 Å². The zero-order valence-electron chi connectivity index (χ0n) is 12.2. The van der Waals surface area contributed by atoms with Crippen LogP contribution < -0.4 is 5.32 Å². The van der Waals surface area contributed by atoms with Crippen molar-refractivity contribution in [1.82, 2.24) is 20.3 Å². The number of carboxylic acids is 1. The van der Waals surface area contributed by atoms with Gasteiger partial charge in [0.15, 0.2) is 5.69 Å². The van der Waals surface area contributed by atoms with Crippen LogP contribution in [0.25, 0.3) is 0 Å². The van der Waals surface area contributed by atoms with E-state index >= 15 is 0 Å². The molecule has 0 bridgehead atoms. The van der Waals surface area contributed by atoms with Crippen LogP contribution in [0.1, 0.15) is 68.9 Å². The predicted molar refractivity (Wildman–Crippen MR) is 75.8 cm³/mol. The Labute approximate surface area is 119 Å². The van der Waals surface area contributed by atoms with Gasteiger partial charge in [0, 0.05) is 12.1 Å². The summed E-state index contributed by atoms with van der Waals surface area (Å²) in [5.41, 5.74) is 0.0249. The van der Waals surface area contributed by atoms with Crippen LogP contribution in [-0.2, 0) is 0 Å². The maximum absolute atomic E-state index is 10.9. The lowest BCUT2D eigenvalue weighted by Gasteiger charge is -2.34. The zero-order chi connectivity index (χ0) is 14.5. The Morgan fingerprint density at radius 2 is 2.15 bits per heavy atom. The lowest BCUT2D eigenvalue weighted by molar-refractivity contribution is 0.0690. The predicted octanol–water partition coefficient (Wildman–Crippen LogP) is 2.24. The summed E-state index contributed by atoms with van der Waals surface area (Å²) in [5, 5.41) is 20.4. The molecule has 1 aliphatic rings. The van der Waals surface area contributed by atoms with Crippen molar-refractivity contribution in [2.24, 2.45) is 0 Å². The van der Waals surface area contributed by atoms with E-state index in [9.17, 15) is 4.79 Å². The van der Waals surface area contributed by atoms with Gasteiger partial charge in [-0.15, -0.1) is 5.10 Å². The van der Waals surface area contributed by atoms with Crippen molar-refractivity contribution in [1.29, 1.82) is 0 Å². The van der Waals surface area contributed by atoms with Crippen LogP contribution in [0.15, 0.2) is 6.20 Å². The van der Waals surface area contributed by atoms with Crippen molar-refractivity contribution < 1.29 is 9.90 Å². The smallest absolute Gasteiger partial charge is 0.358 e. The van der Waals surface area contributed by atoms with Crippen LogP contribution in [0.5, 0.6) is 0 Å². The first kappa shape index (κ1) is 15.0. The Morgan fingerprint density at radius 3 is 2.75 bits per heavy atom. The average Bonchev–Trinajstić information content (AvgIpc) is 2.95. The highest BCUT2D eigenvalue weighted by atomic mass is 16.4. The molecular formula is C14H24N4O2. The SMILES string of the molecule is CCC(CC)N[C@@H]1CCCC[C@@H]1n1cc(C(=O)O)nn1. The van der Waals surface area contributed by atoms with Crippen molar-refractivity contribution in [2.45, 2.75) is 70.5 Å². The molecule has 1 fully saturated rings. The number of carbonyl (C=O) groups is 1. The van der Waals surface area contributed by atoms with Gasteiger partial charge in [-0.25, -0.2) is 9.48 Å². The van der Waals surface area contributed by atoms with Crippen LogP contribution in [0.3, 0.4) is 0 Å². The van der Waals surface area contributed by atoms with E-state index < -0.39 is 5.97 Å². The molecule has 0 unspecified atom stereocenters. The number of nitrogens with zero attached hydrogens (tertiary/aromatic N) is 3. The molecular weight excluding hydrogens is 256 g/mol. The van der Waals surface area contributed by atoms with Crippen LogP contribution in [0.4, 0.5) is 0 Å². The topological polar surface area (TPSA) is 80.0 Å². The highest BCUT2D eigenvalue weighted by molar-refractivity contribution is 5.84. The monoisotopic (exact) mass is 280 g/mol. The van der Waals surface area contributed by atoms with Crippen LogP contribution in [0, 0.1) is 0 Å². The third-order valence-electron chi connectivity index (χ3n) is 4.23. The standard InChI is InChI=1S/C14H24N4O2/c1-3-10(4-2)15-11-7-5-6-8-13(11)18-9-12(14(19)20)16-17-18/h9-11,13,15H,3-8H2,1-2H3,(H,19,20)/t11-,13+/m1/s1. The molecule has 2 N–H and O–H groups in total. The number of hydrogen-bond donors (Lipinski definition) is 2. The molecule has 0 radical (unpaired) electrons. The second-order valence-corrected chi connectivity index (χ2v) is 5.53. The van der Waals surface area contributed by atoms with E-state index in [0.29, 0.717) is 12.1 Å². The van der Waals surface area contributed by atoms with Crippen LogP contribution in [-0.4, -0.2) is 38.2 Å². The van der Waals surface area contributed by atoms with E-state index in [2.05, 4.69) is 29.5 Å². The summed E-state index contributed by atoms with van der Waals surface area (Å²) < 4.78 is 1.74. The number of nitrogens with one attached hydrogen (secondary N) is 1. The molecule has 20 heavy (non-hydrogen) atoms. The van der Waals surface area contributed by atoms with Gasteiger partial charge in [0.1, 0.15) is 0 Å². The van der Waals surface area contributed by atoms with Gasteiger partial charge < -0.3 is 10.4 Å². The summed E-state index contributed by atoms with van der Waals surface area (Å²) in [6.07, 6.45) is 8.29. The fourth-order valence-corrected chi connectivity index (χ4v) is 2.99. The van der Waals surface area contributed by atoms with Gasteiger partial charge in [-0.2, -0.15) is 0 Å². The fourth-order valence-electron chi connectivity index (χ4n) is 2.99. The molecule has 6 heteroatoms. The summed E-state index contributed by atoms with van der Waals surface area (Å²) in [6, 6.07) is 1.09.